The third kappa shape index (κ3) is 3.24. The Balaban J connectivity index is 2.33. The summed E-state index contributed by atoms with van der Waals surface area (Å²) in [6.45, 7) is 8.20. The summed E-state index contributed by atoms with van der Waals surface area (Å²) in [5.74, 6) is 1.06. The van der Waals surface area contributed by atoms with Crippen LogP contribution in [0.5, 0.6) is 0 Å². The highest BCUT2D eigenvalue weighted by Crippen LogP contribution is 2.22. The number of hydrogen-bond acceptors (Lipinski definition) is 3. The average molecular weight is 302 g/mol. The number of nitrogens with zero attached hydrogens (tertiary/aromatic N) is 3. The molecule has 1 amide bonds. The third-order valence-electron chi connectivity index (χ3n) is 3.84. The zero-order valence-electron chi connectivity index (χ0n) is 13.8. The van der Waals surface area contributed by atoms with E-state index in [1.54, 1.807) is 0 Å². The van der Waals surface area contributed by atoms with Crippen LogP contribution >= 0.6 is 0 Å². The standard InChI is InChI=1S/C17H26N4O/c1-4-10-20(11-5-2)16(22)12-21-14-9-7-8-13(18)17(14)19-15(21)6-3/h7-9H,4-6,10-12,18H2,1-3H3. The van der Waals surface area contributed by atoms with Crippen molar-refractivity contribution in [1.82, 2.24) is 14.5 Å². The van der Waals surface area contributed by atoms with Gasteiger partial charge >= 0.3 is 0 Å². The smallest absolute Gasteiger partial charge is 0.242 e. The Morgan fingerprint density at radius 2 is 1.91 bits per heavy atom. The van der Waals surface area contributed by atoms with Gasteiger partial charge in [0.2, 0.25) is 5.91 Å². The number of benzene rings is 1. The molecule has 0 bridgehead atoms. The molecule has 2 rings (SSSR count). The number of nitrogens with two attached hydrogens (primary N) is 1. The monoisotopic (exact) mass is 302 g/mol. The molecule has 0 radical (unpaired) electrons. The summed E-state index contributed by atoms with van der Waals surface area (Å²) in [5.41, 5.74) is 8.41. The molecule has 2 N–H and O–H groups in total. The van der Waals surface area contributed by atoms with Gasteiger partial charge in [0.1, 0.15) is 17.9 Å². The lowest BCUT2D eigenvalue weighted by molar-refractivity contribution is -0.131. The fourth-order valence-electron chi connectivity index (χ4n) is 2.80. The normalized spacial score (nSPS) is 11.0. The number of fused-ring (bicyclic) bond motifs is 1. The fourth-order valence-corrected chi connectivity index (χ4v) is 2.80. The molecule has 0 atom stereocenters. The van der Waals surface area contributed by atoms with Gasteiger partial charge < -0.3 is 15.2 Å². The van der Waals surface area contributed by atoms with Crippen LogP contribution in [0.2, 0.25) is 0 Å². The van der Waals surface area contributed by atoms with Crippen molar-refractivity contribution >= 4 is 22.6 Å². The van der Waals surface area contributed by atoms with E-state index in [1.807, 2.05) is 34.6 Å². The van der Waals surface area contributed by atoms with Crippen molar-refractivity contribution in [3.8, 4) is 0 Å². The van der Waals surface area contributed by atoms with Crippen LogP contribution in [0.1, 0.15) is 39.4 Å². The van der Waals surface area contributed by atoms with Crippen LogP contribution in [-0.2, 0) is 17.8 Å². The van der Waals surface area contributed by atoms with Gasteiger partial charge in [-0.25, -0.2) is 4.98 Å². The van der Waals surface area contributed by atoms with Crippen LogP contribution in [-0.4, -0.2) is 33.4 Å². The maximum Gasteiger partial charge on any atom is 0.242 e. The lowest BCUT2D eigenvalue weighted by atomic mass is 10.2. The molecule has 0 saturated carbocycles. The van der Waals surface area contributed by atoms with Gasteiger partial charge in [-0.05, 0) is 25.0 Å². The number of nitrogen functional groups attached to an aromatic ring is 1. The van der Waals surface area contributed by atoms with Gasteiger partial charge in [0, 0.05) is 19.5 Å². The summed E-state index contributed by atoms with van der Waals surface area (Å²) < 4.78 is 2.01. The summed E-state index contributed by atoms with van der Waals surface area (Å²) in [6.07, 6.45) is 2.73. The first-order valence-electron chi connectivity index (χ1n) is 8.13. The van der Waals surface area contributed by atoms with Gasteiger partial charge in [-0.3, -0.25) is 4.79 Å². The van der Waals surface area contributed by atoms with Gasteiger partial charge in [-0.15, -0.1) is 0 Å². The molecule has 0 aliphatic carbocycles. The molecule has 5 heteroatoms. The third-order valence-corrected chi connectivity index (χ3v) is 3.84. The lowest BCUT2D eigenvalue weighted by Gasteiger charge is -2.22. The largest absolute Gasteiger partial charge is 0.397 e. The Labute approximate surface area is 132 Å². The van der Waals surface area contributed by atoms with Crippen molar-refractivity contribution < 1.29 is 4.79 Å². The minimum absolute atomic E-state index is 0.153. The molecule has 0 aliphatic rings. The lowest BCUT2D eigenvalue weighted by Crippen LogP contribution is -2.35. The Morgan fingerprint density at radius 1 is 1.23 bits per heavy atom. The minimum Gasteiger partial charge on any atom is -0.397 e. The molecular weight excluding hydrogens is 276 g/mol. The number of aromatic nitrogens is 2. The summed E-state index contributed by atoms with van der Waals surface area (Å²) in [6, 6.07) is 5.74. The van der Waals surface area contributed by atoms with Crippen molar-refractivity contribution in [2.75, 3.05) is 18.8 Å². The zero-order valence-corrected chi connectivity index (χ0v) is 13.8. The van der Waals surface area contributed by atoms with Crippen LogP contribution < -0.4 is 5.73 Å². The number of carbonyl (C=O) groups excluding carboxylic acids is 1. The number of para-hydroxylation sites is 1. The SMILES string of the molecule is CCCN(CCC)C(=O)Cn1c(CC)nc2c(N)cccc21. The molecule has 0 fully saturated rings. The molecule has 22 heavy (non-hydrogen) atoms. The molecule has 1 heterocycles. The quantitative estimate of drug-likeness (QED) is 0.800. The van der Waals surface area contributed by atoms with Gasteiger partial charge in [-0.1, -0.05) is 26.8 Å². The van der Waals surface area contributed by atoms with E-state index in [2.05, 4.69) is 18.8 Å². The topological polar surface area (TPSA) is 64.2 Å². The molecule has 0 saturated heterocycles. The van der Waals surface area contributed by atoms with Crippen LogP contribution in [0, 0.1) is 0 Å². The Bertz CT molecular complexity index is 641. The first-order valence-corrected chi connectivity index (χ1v) is 8.13. The Hall–Kier alpha value is -2.04. The van der Waals surface area contributed by atoms with Crippen molar-refractivity contribution in [3.63, 3.8) is 0 Å². The van der Waals surface area contributed by atoms with Crippen LogP contribution in [0.25, 0.3) is 11.0 Å². The Morgan fingerprint density at radius 3 is 2.50 bits per heavy atom. The summed E-state index contributed by atoms with van der Waals surface area (Å²) in [4.78, 5) is 19.2. The van der Waals surface area contributed by atoms with Crippen molar-refractivity contribution in [2.45, 2.75) is 46.6 Å². The number of hydrogen-bond donors (Lipinski definition) is 1. The minimum atomic E-state index is 0.153. The van der Waals surface area contributed by atoms with E-state index < -0.39 is 0 Å². The van der Waals surface area contributed by atoms with E-state index in [0.717, 1.165) is 49.2 Å². The highest BCUT2D eigenvalue weighted by Gasteiger charge is 2.17. The molecule has 1 aromatic carbocycles. The fraction of sp³-hybridized carbons (Fsp3) is 0.529. The van der Waals surface area contributed by atoms with Gasteiger partial charge in [0.25, 0.3) is 0 Å². The zero-order chi connectivity index (χ0) is 16.1. The number of aryl methyl sites for hydroxylation is 1. The second-order valence-corrected chi connectivity index (χ2v) is 5.56. The second-order valence-electron chi connectivity index (χ2n) is 5.56. The number of carbonyl (C=O) groups is 1. The highest BCUT2D eigenvalue weighted by atomic mass is 16.2. The number of rotatable bonds is 7. The number of amides is 1. The predicted molar refractivity (Wildman–Crippen MR) is 90.7 cm³/mol. The van der Waals surface area contributed by atoms with Crippen molar-refractivity contribution in [1.29, 1.82) is 0 Å². The Kier molecular flexibility index (Phi) is 5.41. The molecule has 2 aromatic rings. The van der Waals surface area contributed by atoms with E-state index in [-0.39, 0.29) is 5.91 Å². The first kappa shape index (κ1) is 16.3. The summed E-state index contributed by atoms with van der Waals surface area (Å²) >= 11 is 0. The molecule has 0 aliphatic heterocycles. The van der Waals surface area contributed by atoms with E-state index in [1.165, 1.54) is 0 Å². The van der Waals surface area contributed by atoms with Crippen molar-refractivity contribution in [2.24, 2.45) is 0 Å². The predicted octanol–water partition coefficient (Wildman–Crippen LogP) is 2.83. The van der Waals surface area contributed by atoms with Gasteiger partial charge in [-0.2, -0.15) is 0 Å². The van der Waals surface area contributed by atoms with Gasteiger partial charge in [0.15, 0.2) is 0 Å². The molecule has 0 unspecified atom stereocenters. The number of anilines is 1. The van der Waals surface area contributed by atoms with Crippen LogP contribution in [0.3, 0.4) is 0 Å². The molecule has 5 nitrogen and oxygen atoms in total. The summed E-state index contributed by atoms with van der Waals surface area (Å²) in [7, 11) is 0. The van der Waals surface area contributed by atoms with E-state index in [9.17, 15) is 4.79 Å². The maximum atomic E-state index is 12.6. The molecular formula is C17H26N4O. The average Bonchev–Trinajstić information content (AvgIpc) is 2.86. The van der Waals surface area contributed by atoms with E-state index in [4.69, 9.17) is 5.73 Å². The van der Waals surface area contributed by atoms with Crippen molar-refractivity contribution in [3.05, 3.63) is 24.0 Å². The second kappa shape index (κ2) is 7.29. The highest BCUT2D eigenvalue weighted by molar-refractivity contribution is 5.89. The van der Waals surface area contributed by atoms with Crippen LogP contribution in [0.15, 0.2) is 18.2 Å². The first-order chi connectivity index (χ1) is 10.6. The van der Waals surface area contributed by atoms with Gasteiger partial charge in [0.05, 0.1) is 11.2 Å². The van der Waals surface area contributed by atoms with E-state index >= 15 is 0 Å². The van der Waals surface area contributed by atoms with Crippen LogP contribution in [0.4, 0.5) is 5.69 Å². The molecule has 120 valence electrons. The van der Waals surface area contributed by atoms with E-state index in [0.29, 0.717) is 12.2 Å². The maximum absolute atomic E-state index is 12.6. The summed E-state index contributed by atoms with van der Waals surface area (Å²) in [5, 5.41) is 0. The molecule has 0 spiro atoms. The number of imidazole rings is 1. The molecule has 1 aromatic heterocycles.